The van der Waals surface area contributed by atoms with Crippen LogP contribution in [0.1, 0.15) is 46.0 Å². The summed E-state index contributed by atoms with van der Waals surface area (Å²) in [7, 11) is 0. The Morgan fingerprint density at radius 1 is 1.21 bits per heavy atom. The fourth-order valence-corrected chi connectivity index (χ4v) is 2.37. The smallest absolute Gasteiger partial charge is 0.227 e. The van der Waals surface area contributed by atoms with Gasteiger partial charge in [-0.05, 0) is 12.8 Å². The van der Waals surface area contributed by atoms with Crippen molar-refractivity contribution in [3.05, 3.63) is 0 Å². The number of carbonyl (C=O) groups excluding carboxylic acids is 2. The lowest BCUT2D eigenvalue weighted by Crippen LogP contribution is -2.49. The zero-order valence-electron chi connectivity index (χ0n) is 9.06. The first-order valence-corrected chi connectivity index (χ1v) is 5.44. The average molecular weight is 197 g/mol. The van der Waals surface area contributed by atoms with Crippen LogP contribution in [0.4, 0.5) is 0 Å². The molecule has 0 saturated carbocycles. The highest BCUT2D eigenvalue weighted by Gasteiger charge is 2.41. The maximum absolute atomic E-state index is 11.8. The second-order valence-corrected chi connectivity index (χ2v) is 4.18. The van der Waals surface area contributed by atoms with Crippen molar-refractivity contribution >= 4 is 11.7 Å². The van der Waals surface area contributed by atoms with Crippen molar-refractivity contribution in [2.75, 3.05) is 6.54 Å². The SMILES string of the molecule is CCCC1(CCC)CC(=O)CNC1=O. The monoisotopic (exact) mass is 197 g/mol. The topological polar surface area (TPSA) is 46.2 Å². The predicted octanol–water partition coefficient (Wildman–Crippen LogP) is 1.66. The van der Waals surface area contributed by atoms with Crippen molar-refractivity contribution in [1.82, 2.24) is 5.32 Å². The van der Waals surface area contributed by atoms with Gasteiger partial charge in [0.15, 0.2) is 5.78 Å². The van der Waals surface area contributed by atoms with Gasteiger partial charge in [0.2, 0.25) is 5.91 Å². The molecule has 1 heterocycles. The van der Waals surface area contributed by atoms with Gasteiger partial charge in [-0.1, -0.05) is 26.7 Å². The largest absolute Gasteiger partial charge is 0.349 e. The van der Waals surface area contributed by atoms with Crippen LogP contribution in [0.5, 0.6) is 0 Å². The van der Waals surface area contributed by atoms with Gasteiger partial charge in [-0.15, -0.1) is 0 Å². The lowest BCUT2D eigenvalue weighted by Gasteiger charge is -2.34. The van der Waals surface area contributed by atoms with E-state index in [-0.39, 0.29) is 18.2 Å². The Kier molecular flexibility index (Phi) is 3.67. The summed E-state index contributed by atoms with van der Waals surface area (Å²) >= 11 is 0. The van der Waals surface area contributed by atoms with Crippen LogP contribution in [0.2, 0.25) is 0 Å². The fraction of sp³-hybridized carbons (Fsp3) is 0.818. The minimum Gasteiger partial charge on any atom is -0.349 e. The molecule has 0 unspecified atom stereocenters. The van der Waals surface area contributed by atoms with Gasteiger partial charge in [0.05, 0.1) is 12.0 Å². The Morgan fingerprint density at radius 2 is 1.79 bits per heavy atom. The van der Waals surface area contributed by atoms with Gasteiger partial charge in [0, 0.05) is 6.42 Å². The van der Waals surface area contributed by atoms with E-state index in [4.69, 9.17) is 0 Å². The molecule has 3 heteroatoms. The minimum atomic E-state index is -0.390. The lowest BCUT2D eigenvalue weighted by molar-refractivity contribution is -0.141. The van der Waals surface area contributed by atoms with Crippen LogP contribution in [-0.2, 0) is 9.59 Å². The number of piperidine rings is 1. The summed E-state index contributed by atoms with van der Waals surface area (Å²) in [5.41, 5.74) is -0.390. The molecule has 1 rings (SSSR count). The van der Waals surface area contributed by atoms with Crippen LogP contribution in [0.15, 0.2) is 0 Å². The molecule has 1 fully saturated rings. The molecule has 3 nitrogen and oxygen atoms in total. The third-order valence-electron chi connectivity index (χ3n) is 2.92. The maximum Gasteiger partial charge on any atom is 0.227 e. The molecule has 80 valence electrons. The molecule has 0 aromatic rings. The van der Waals surface area contributed by atoms with Gasteiger partial charge in [-0.2, -0.15) is 0 Å². The van der Waals surface area contributed by atoms with Crippen molar-refractivity contribution in [3.8, 4) is 0 Å². The van der Waals surface area contributed by atoms with Crippen molar-refractivity contribution in [2.45, 2.75) is 46.0 Å². The van der Waals surface area contributed by atoms with Gasteiger partial charge < -0.3 is 5.32 Å². The zero-order chi connectivity index (χ0) is 10.6. The van der Waals surface area contributed by atoms with E-state index >= 15 is 0 Å². The number of hydrogen-bond donors (Lipinski definition) is 1. The van der Waals surface area contributed by atoms with Crippen molar-refractivity contribution in [1.29, 1.82) is 0 Å². The van der Waals surface area contributed by atoms with Crippen LogP contribution in [0.3, 0.4) is 0 Å². The molecule has 1 aliphatic heterocycles. The van der Waals surface area contributed by atoms with Crippen molar-refractivity contribution < 1.29 is 9.59 Å². The Labute approximate surface area is 85.3 Å². The summed E-state index contributed by atoms with van der Waals surface area (Å²) in [4.78, 5) is 23.1. The highest BCUT2D eigenvalue weighted by Crippen LogP contribution is 2.35. The van der Waals surface area contributed by atoms with E-state index in [1.165, 1.54) is 0 Å². The lowest BCUT2D eigenvalue weighted by atomic mass is 9.72. The average Bonchev–Trinajstić information content (AvgIpc) is 2.13. The molecule has 1 N–H and O–H groups in total. The van der Waals surface area contributed by atoms with E-state index in [9.17, 15) is 9.59 Å². The van der Waals surface area contributed by atoms with Crippen LogP contribution in [0.25, 0.3) is 0 Å². The van der Waals surface area contributed by atoms with Gasteiger partial charge in [-0.3, -0.25) is 9.59 Å². The number of rotatable bonds is 4. The van der Waals surface area contributed by atoms with Crippen molar-refractivity contribution in [3.63, 3.8) is 0 Å². The third-order valence-corrected chi connectivity index (χ3v) is 2.92. The first-order valence-electron chi connectivity index (χ1n) is 5.44. The highest BCUT2D eigenvalue weighted by molar-refractivity contribution is 5.96. The first kappa shape index (κ1) is 11.2. The second kappa shape index (κ2) is 4.58. The van der Waals surface area contributed by atoms with Crippen LogP contribution in [0, 0.1) is 5.41 Å². The molecule has 1 aliphatic rings. The molecule has 0 aromatic carbocycles. The van der Waals surface area contributed by atoms with Crippen LogP contribution in [-0.4, -0.2) is 18.2 Å². The molecular weight excluding hydrogens is 178 g/mol. The molecule has 0 bridgehead atoms. The summed E-state index contributed by atoms with van der Waals surface area (Å²) in [6.45, 7) is 4.35. The Balaban J connectivity index is 2.80. The van der Waals surface area contributed by atoms with Gasteiger partial charge >= 0.3 is 0 Å². The first-order chi connectivity index (χ1) is 6.64. The number of carbonyl (C=O) groups is 2. The summed E-state index contributed by atoms with van der Waals surface area (Å²) in [6, 6.07) is 0. The summed E-state index contributed by atoms with van der Waals surface area (Å²) < 4.78 is 0. The standard InChI is InChI=1S/C11H19NO2/c1-3-5-11(6-4-2)7-9(13)8-12-10(11)14/h3-8H2,1-2H3,(H,12,14). The van der Waals surface area contributed by atoms with Crippen LogP contribution >= 0.6 is 0 Å². The third kappa shape index (κ3) is 2.14. The number of Topliss-reactive ketones (excluding diaryl/α,β-unsaturated/α-hetero) is 1. The molecule has 0 atom stereocenters. The molecule has 14 heavy (non-hydrogen) atoms. The van der Waals surface area contributed by atoms with E-state index in [1.54, 1.807) is 0 Å². The summed E-state index contributed by atoms with van der Waals surface area (Å²) in [5, 5.41) is 2.70. The molecule has 0 aromatic heterocycles. The van der Waals surface area contributed by atoms with E-state index in [1.807, 2.05) is 0 Å². The van der Waals surface area contributed by atoms with Crippen LogP contribution < -0.4 is 5.32 Å². The Bertz CT molecular complexity index is 229. The number of amides is 1. The normalized spacial score (nSPS) is 20.7. The van der Waals surface area contributed by atoms with E-state index in [0.717, 1.165) is 25.7 Å². The van der Waals surface area contributed by atoms with Gasteiger partial charge in [0.1, 0.15) is 0 Å². The fourth-order valence-electron chi connectivity index (χ4n) is 2.37. The van der Waals surface area contributed by atoms with E-state index < -0.39 is 5.41 Å². The molecule has 1 saturated heterocycles. The van der Waals surface area contributed by atoms with E-state index in [2.05, 4.69) is 19.2 Å². The minimum absolute atomic E-state index is 0.0841. The number of hydrogen-bond acceptors (Lipinski definition) is 2. The Morgan fingerprint density at radius 3 is 2.29 bits per heavy atom. The zero-order valence-corrected chi connectivity index (χ0v) is 9.06. The molecule has 0 spiro atoms. The second-order valence-electron chi connectivity index (χ2n) is 4.18. The number of nitrogens with one attached hydrogen (secondary N) is 1. The summed E-state index contributed by atoms with van der Waals surface area (Å²) in [5.74, 6) is 0.257. The molecular formula is C11H19NO2. The molecule has 1 amide bonds. The van der Waals surface area contributed by atoms with Crippen molar-refractivity contribution in [2.24, 2.45) is 5.41 Å². The Hall–Kier alpha value is -0.860. The van der Waals surface area contributed by atoms with Gasteiger partial charge in [0.25, 0.3) is 0 Å². The predicted molar refractivity (Wildman–Crippen MR) is 54.9 cm³/mol. The highest BCUT2D eigenvalue weighted by atomic mass is 16.2. The summed E-state index contributed by atoms with van der Waals surface area (Å²) in [6.07, 6.45) is 4.03. The quantitative estimate of drug-likeness (QED) is 0.745. The number of ketones is 1. The molecule has 0 aliphatic carbocycles. The van der Waals surface area contributed by atoms with E-state index in [0.29, 0.717) is 6.42 Å². The molecule has 0 radical (unpaired) electrons. The maximum atomic E-state index is 11.8. The van der Waals surface area contributed by atoms with Gasteiger partial charge in [-0.25, -0.2) is 0 Å².